The lowest BCUT2D eigenvalue weighted by Crippen LogP contribution is -2.30. The highest BCUT2D eigenvalue weighted by atomic mass is 35.5. The van der Waals surface area contributed by atoms with Crippen molar-refractivity contribution in [2.75, 3.05) is 10.7 Å². The molecule has 0 aliphatic carbocycles. The fourth-order valence-corrected chi connectivity index (χ4v) is 6.38. The first-order valence-corrected chi connectivity index (χ1v) is 13.7. The lowest BCUT2D eigenvalue weighted by Gasteiger charge is -2.20. The minimum atomic E-state index is -3.52. The molecule has 2 aromatic carbocycles. The van der Waals surface area contributed by atoms with Gasteiger partial charge in [-0.1, -0.05) is 40.6 Å². The molecule has 0 atom stereocenters. The Hall–Kier alpha value is -2.52. The maximum absolute atomic E-state index is 13.3. The summed E-state index contributed by atoms with van der Waals surface area (Å²) < 4.78 is 26.2. The van der Waals surface area contributed by atoms with E-state index in [1.807, 2.05) is 25.1 Å². The largest absolute Gasteiger partial charge is 0.284 e. The van der Waals surface area contributed by atoms with Crippen molar-refractivity contribution in [3.8, 4) is 0 Å². The minimum absolute atomic E-state index is 0.0583. The van der Waals surface area contributed by atoms with Crippen molar-refractivity contribution in [1.29, 1.82) is 0 Å². The summed E-state index contributed by atoms with van der Waals surface area (Å²) in [5.74, 6) is -0.353. The van der Waals surface area contributed by atoms with Crippen LogP contribution in [-0.2, 0) is 21.2 Å². The number of amides is 1. The van der Waals surface area contributed by atoms with Gasteiger partial charge in [0.25, 0.3) is 0 Å². The predicted octanol–water partition coefficient (Wildman–Crippen LogP) is 6.09. The predicted molar refractivity (Wildman–Crippen MR) is 138 cm³/mol. The summed E-state index contributed by atoms with van der Waals surface area (Å²) in [5.41, 5.74) is 2.56. The summed E-state index contributed by atoms with van der Waals surface area (Å²) >= 11 is 13.4. The molecule has 0 unspecified atom stereocenters. The Morgan fingerprint density at radius 2 is 1.85 bits per heavy atom. The normalized spacial score (nSPS) is 11.6. The van der Waals surface area contributed by atoms with Gasteiger partial charge in [-0.2, -0.15) is 0 Å². The van der Waals surface area contributed by atoms with Crippen LogP contribution in [0.4, 0.5) is 5.13 Å². The van der Waals surface area contributed by atoms with Crippen molar-refractivity contribution in [2.24, 2.45) is 0 Å². The highest BCUT2D eigenvalue weighted by Gasteiger charge is 2.22. The summed E-state index contributed by atoms with van der Waals surface area (Å²) in [6, 6.07) is 13.4. The van der Waals surface area contributed by atoms with Gasteiger partial charge in [0, 0.05) is 28.9 Å². The number of thiazole rings is 1. The molecule has 0 aliphatic heterocycles. The third-order valence-corrected chi connectivity index (χ3v) is 8.52. The third-order valence-electron chi connectivity index (χ3n) is 5.21. The maximum Gasteiger partial charge on any atom is 0.229 e. The van der Waals surface area contributed by atoms with E-state index in [1.165, 1.54) is 35.6 Å². The molecule has 0 bridgehead atoms. The van der Waals surface area contributed by atoms with E-state index in [-0.39, 0.29) is 35.9 Å². The first-order valence-electron chi connectivity index (χ1n) is 10.5. The fourth-order valence-electron chi connectivity index (χ4n) is 3.50. The molecule has 0 N–H and O–H groups in total. The zero-order chi connectivity index (χ0) is 24.3. The average molecular weight is 534 g/mol. The van der Waals surface area contributed by atoms with E-state index in [1.54, 1.807) is 23.4 Å². The smallest absolute Gasteiger partial charge is 0.229 e. The van der Waals surface area contributed by atoms with Gasteiger partial charge < -0.3 is 0 Å². The van der Waals surface area contributed by atoms with E-state index < -0.39 is 9.84 Å². The molecule has 6 nitrogen and oxygen atoms in total. The Morgan fingerprint density at radius 3 is 2.56 bits per heavy atom. The molecule has 4 aromatic rings. The molecule has 34 heavy (non-hydrogen) atoms. The molecule has 0 radical (unpaired) electrons. The first kappa shape index (κ1) is 24.6. The van der Waals surface area contributed by atoms with Crippen LogP contribution in [0.1, 0.15) is 24.0 Å². The van der Waals surface area contributed by atoms with E-state index in [0.717, 1.165) is 21.3 Å². The lowest BCUT2D eigenvalue weighted by atomic mass is 10.2. The van der Waals surface area contributed by atoms with Gasteiger partial charge in [-0.3, -0.25) is 14.7 Å². The summed E-state index contributed by atoms with van der Waals surface area (Å²) in [6.45, 7) is 2.20. The maximum atomic E-state index is 13.3. The number of anilines is 1. The third kappa shape index (κ3) is 5.75. The van der Waals surface area contributed by atoms with Gasteiger partial charge >= 0.3 is 0 Å². The molecule has 1 amide bonds. The molecule has 176 valence electrons. The zero-order valence-corrected chi connectivity index (χ0v) is 21.4. The fraction of sp³-hybridized carbons (Fsp3) is 0.208. The Kier molecular flexibility index (Phi) is 7.52. The summed E-state index contributed by atoms with van der Waals surface area (Å²) in [5, 5.41) is 1.61. The Morgan fingerprint density at radius 1 is 1.09 bits per heavy atom. The lowest BCUT2D eigenvalue weighted by molar-refractivity contribution is -0.118. The van der Waals surface area contributed by atoms with E-state index in [4.69, 9.17) is 28.2 Å². The van der Waals surface area contributed by atoms with Crippen LogP contribution in [0, 0.1) is 6.92 Å². The molecule has 2 aromatic heterocycles. The Balaban J connectivity index is 1.55. The SMILES string of the molecule is Cc1cc(Cl)cc2sc(N(Cc3cccnc3)C(=O)CCCS(=O)(=O)c3ccc(Cl)cc3)nc12. The van der Waals surface area contributed by atoms with E-state index in [9.17, 15) is 13.2 Å². The molecule has 2 heterocycles. The van der Waals surface area contributed by atoms with Gasteiger partial charge in [0.2, 0.25) is 5.91 Å². The van der Waals surface area contributed by atoms with Crippen LogP contribution in [0.15, 0.2) is 65.8 Å². The zero-order valence-electron chi connectivity index (χ0n) is 18.2. The number of aromatic nitrogens is 2. The van der Waals surface area contributed by atoms with Crippen molar-refractivity contribution in [1.82, 2.24) is 9.97 Å². The number of carbonyl (C=O) groups excluding carboxylic acids is 1. The van der Waals surface area contributed by atoms with Crippen molar-refractivity contribution in [3.05, 3.63) is 82.1 Å². The number of carbonyl (C=O) groups is 1. The van der Waals surface area contributed by atoms with E-state index in [0.29, 0.717) is 15.2 Å². The van der Waals surface area contributed by atoms with E-state index in [2.05, 4.69) is 4.98 Å². The topological polar surface area (TPSA) is 80.2 Å². The second-order valence-electron chi connectivity index (χ2n) is 7.78. The number of hydrogen-bond donors (Lipinski definition) is 0. The monoisotopic (exact) mass is 533 g/mol. The van der Waals surface area contributed by atoms with E-state index >= 15 is 0 Å². The van der Waals surface area contributed by atoms with Gasteiger partial charge in [0.15, 0.2) is 15.0 Å². The van der Waals surface area contributed by atoms with Crippen LogP contribution in [0.2, 0.25) is 10.0 Å². The molecule has 0 fully saturated rings. The number of sulfone groups is 1. The van der Waals surface area contributed by atoms with Crippen molar-refractivity contribution < 1.29 is 13.2 Å². The Bertz CT molecular complexity index is 1420. The molecule has 0 saturated heterocycles. The summed E-state index contributed by atoms with van der Waals surface area (Å²) in [4.78, 5) is 23.9. The minimum Gasteiger partial charge on any atom is -0.284 e. The number of nitrogens with zero attached hydrogens (tertiary/aromatic N) is 3. The highest BCUT2D eigenvalue weighted by Crippen LogP contribution is 2.34. The first-order chi connectivity index (χ1) is 16.2. The molecule has 0 spiro atoms. The number of fused-ring (bicyclic) bond motifs is 1. The van der Waals surface area contributed by atoms with Crippen molar-refractivity contribution >= 4 is 65.6 Å². The molecule has 10 heteroatoms. The molecular weight excluding hydrogens is 513 g/mol. The number of halogens is 2. The number of rotatable bonds is 8. The molecule has 0 saturated carbocycles. The van der Waals surface area contributed by atoms with Crippen molar-refractivity contribution in [2.45, 2.75) is 31.2 Å². The van der Waals surface area contributed by atoms with Crippen LogP contribution in [0.25, 0.3) is 10.2 Å². The molecular formula is C24H21Cl2N3O3S2. The molecule has 4 rings (SSSR count). The van der Waals surface area contributed by atoms with Gasteiger partial charge in [-0.05, 0) is 66.9 Å². The van der Waals surface area contributed by atoms with Crippen LogP contribution in [0.5, 0.6) is 0 Å². The Labute approximate surface area is 212 Å². The van der Waals surface area contributed by atoms with Gasteiger partial charge in [-0.15, -0.1) is 0 Å². The number of aryl methyl sites for hydroxylation is 1. The van der Waals surface area contributed by atoms with Crippen LogP contribution in [-0.4, -0.2) is 30.0 Å². The van der Waals surface area contributed by atoms with Crippen molar-refractivity contribution in [3.63, 3.8) is 0 Å². The average Bonchev–Trinajstić information content (AvgIpc) is 3.22. The second kappa shape index (κ2) is 10.4. The van der Waals surface area contributed by atoms with Gasteiger partial charge in [0.05, 0.1) is 27.4 Å². The van der Waals surface area contributed by atoms with Gasteiger partial charge in [0.1, 0.15) is 0 Å². The number of benzene rings is 2. The van der Waals surface area contributed by atoms with Gasteiger partial charge in [-0.25, -0.2) is 13.4 Å². The molecule has 0 aliphatic rings. The standard InChI is InChI=1S/C24H21Cl2N3O3S2/c1-16-12-19(26)13-21-23(16)28-24(33-21)29(15-17-4-2-10-27-14-17)22(30)5-3-11-34(31,32)20-8-6-18(25)7-9-20/h2,4,6-10,12-14H,3,5,11,15H2,1H3. The second-order valence-corrected chi connectivity index (χ2v) is 11.8. The quantitative estimate of drug-likeness (QED) is 0.273. The number of hydrogen-bond acceptors (Lipinski definition) is 6. The summed E-state index contributed by atoms with van der Waals surface area (Å²) in [6.07, 6.45) is 3.60. The highest BCUT2D eigenvalue weighted by molar-refractivity contribution is 7.91. The van der Waals surface area contributed by atoms with Crippen LogP contribution < -0.4 is 4.90 Å². The summed E-state index contributed by atoms with van der Waals surface area (Å²) in [7, 11) is -3.52. The number of pyridine rings is 1. The van der Waals surface area contributed by atoms with Crippen LogP contribution >= 0.6 is 34.5 Å². The van der Waals surface area contributed by atoms with Crippen LogP contribution in [0.3, 0.4) is 0 Å².